The highest BCUT2D eigenvalue weighted by Crippen LogP contribution is 2.07. The number of aliphatic hydroxyl groups is 2. The highest BCUT2D eigenvalue weighted by Gasteiger charge is 2.17. The molecule has 0 spiro atoms. The Morgan fingerprint density at radius 3 is 2.47 bits per heavy atom. The number of nitrogens with zero attached hydrogens (tertiary/aromatic N) is 2. The van der Waals surface area contributed by atoms with Gasteiger partial charge in [0.1, 0.15) is 11.4 Å². The first-order valence-electron chi connectivity index (χ1n) is 4.70. The smallest absolute Gasteiger partial charge is 0.269 e. The van der Waals surface area contributed by atoms with E-state index in [9.17, 15) is 14.7 Å². The molecule has 0 aromatic carbocycles. The van der Waals surface area contributed by atoms with E-state index in [4.69, 9.17) is 16.6 Å². The largest absolute Gasteiger partial charge is 0.394 e. The molecular weight excluding hydrogens is 228 g/mol. The van der Waals surface area contributed by atoms with E-state index in [-0.39, 0.29) is 23.5 Å². The van der Waals surface area contributed by atoms with Crippen LogP contribution in [-0.2, 0) is 6.42 Å². The lowest BCUT2D eigenvalue weighted by atomic mass is 10.1. The summed E-state index contributed by atoms with van der Waals surface area (Å²) in [5, 5.41) is 18.0. The van der Waals surface area contributed by atoms with E-state index in [1.807, 2.05) is 0 Å². The second kappa shape index (κ2) is 5.32. The molecule has 0 aliphatic rings. The van der Waals surface area contributed by atoms with Gasteiger partial charge in [-0.3, -0.25) is 9.59 Å². The van der Waals surface area contributed by atoms with Crippen LogP contribution in [0.25, 0.3) is 0 Å². The van der Waals surface area contributed by atoms with Crippen molar-refractivity contribution in [2.24, 2.45) is 11.5 Å². The second-order valence-corrected chi connectivity index (χ2v) is 3.32. The van der Waals surface area contributed by atoms with E-state index in [0.717, 1.165) is 6.20 Å². The number of rotatable bonds is 5. The maximum Gasteiger partial charge on any atom is 0.269 e. The molecule has 8 heteroatoms. The van der Waals surface area contributed by atoms with Gasteiger partial charge in [-0.1, -0.05) is 0 Å². The number of hydrogen-bond acceptors (Lipinski definition) is 6. The van der Waals surface area contributed by atoms with Crippen LogP contribution in [0.15, 0.2) is 6.20 Å². The number of nitrogens with two attached hydrogens (primary N) is 2. The van der Waals surface area contributed by atoms with Gasteiger partial charge in [0.25, 0.3) is 11.8 Å². The van der Waals surface area contributed by atoms with Gasteiger partial charge in [-0.25, -0.2) is 9.97 Å². The molecule has 0 aliphatic carbocycles. The first-order chi connectivity index (χ1) is 7.95. The summed E-state index contributed by atoms with van der Waals surface area (Å²) in [4.78, 5) is 29.3. The highest BCUT2D eigenvalue weighted by molar-refractivity contribution is 5.94. The predicted molar refractivity (Wildman–Crippen MR) is 55.9 cm³/mol. The van der Waals surface area contributed by atoms with Crippen LogP contribution in [0.1, 0.15) is 26.7 Å². The number of hydrogen-bond donors (Lipinski definition) is 4. The van der Waals surface area contributed by atoms with Crippen LogP contribution in [0, 0.1) is 0 Å². The number of carbonyl (C=O) groups is 2. The molecule has 8 nitrogen and oxygen atoms in total. The third kappa shape index (κ3) is 3.20. The third-order valence-electron chi connectivity index (χ3n) is 1.97. The molecule has 0 bridgehead atoms. The molecular formula is C9H12N4O4. The average molecular weight is 240 g/mol. The maximum absolute atomic E-state index is 11.0. The summed E-state index contributed by atoms with van der Waals surface area (Å²) < 4.78 is 0. The van der Waals surface area contributed by atoms with Crippen molar-refractivity contribution in [3.8, 4) is 0 Å². The van der Waals surface area contributed by atoms with Crippen molar-refractivity contribution >= 4 is 11.8 Å². The van der Waals surface area contributed by atoms with Crippen molar-refractivity contribution in [1.29, 1.82) is 0 Å². The minimum Gasteiger partial charge on any atom is -0.394 e. The van der Waals surface area contributed by atoms with Gasteiger partial charge in [0.15, 0.2) is 0 Å². The maximum atomic E-state index is 11.0. The van der Waals surface area contributed by atoms with Crippen LogP contribution in [-0.4, -0.2) is 44.7 Å². The van der Waals surface area contributed by atoms with Crippen LogP contribution in [0.5, 0.6) is 0 Å². The zero-order valence-electron chi connectivity index (χ0n) is 8.83. The monoisotopic (exact) mass is 240 g/mol. The van der Waals surface area contributed by atoms with E-state index in [2.05, 4.69) is 9.97 Å². The SMILES string of the molecule is NC(=O)c1cnc(C(N)=O)c(CC(O)CO)n1. The van der Waals surface area contributed by atoms with Gasteiger partial charge in [0.2, 0.25) is 0 Å². The molecule has 1 aromatic heterocycles. The van der Waals surface area contributed by atoms with Gasteiger partial charge in [-0.15, -0.1) is 0 Å². The van der Waals surface area contributed by atoms with Crippen molar-refractivity contribution in [3.05, 3.63) is 23.3 Å². The Morgan fingerprint density at radius 2 is 2.00 bits per heavy atom. The van der Waals surface area contributed by atoms with Crippen LogP contribution < -0.4 is 11.5 Å². The highest BCUT2D eigenvalue weighted by atomic mass is 16.3. The summed E-state index contributed by atoms with van der Waals surface area (Å²) in [7, 11) is 0. The number of aromatic nitrogens is 2. The standard InChI is InChI=1S/C9H12N4O4/c10-8(16)6-2-12-7(9(11)17)5(13-6)1-4(15)3-14/h2,4,14-15H,1,3H2,(H2,10,16)(H2,11,17). The molecule has 0 aliphatic heterocycles. The molecule has 1 aromatic rings. The van der Waals surface area contributed by atoms with Gasteiger partial charge in [-0.2, -0.15) is 0 Å². The zero-order valence-corrected chi connectivity index (χ0v) is 8.83. The van der Waals surface area contributed by atoms with E-state index in [0.29, 0.717) is 0 Å². The van der Waals surface area contributed by atoms with Gasteiger partial charge < -0.3 is 21.7 Å². The lowest BCUT2D eigenvalue weighted by molar-refractivity contribution is 0.0922. The van der Waals surface area contributed by atoms with Crippen molar-refractivity contribution < 1.29 is 19.8 Å². The summed E-state index contributed by atoms with van der Waals surface area (Å²) in [5.41, 5.74) is 9.77. The fourth-order valence-electron chi connectivity index (χ4n) is 1.18. The molecule has 1 heterocycles. The van der Waals surface area contributed by atoms with Crippen molar-refractivity contribution in [2.75, 3.05) is 6.61 Å². The molecule has 1 unspecified atom stereocenters. The summed E-state index contributed by atoms with van der Waals surface area (Å²) in [6.45, 7) is -0.513. The Morgan fingerprint density at radius 1 is 1.35 bits per heavy atom. The molecule has 0 saturated carbocycles. The molecule has 92 valence electrons. The molecule has 1 rings (SSSR count). The van der Waals surface area contributed by atoms with Gasteiger partial charge in [0, 0.05) is 6.42 Å². The summed E-state index contributed by atoms with van der Waals surface area (Å²) in [5.74, 6) is -1.65. The number of aliphatic hydroxyl groups excluding tert-OH is 2. The molecule has 6 N–H and O–H groups in total. The Kier molecular flexibility index (Phi) is 4.07. The third-order valence-corrected chi connectivity index (χ3v) is 1.97. The Labute approximate surface area is 96.3 Å². The average Bonchev–Trinajstić information content (AvgIpc) is 2.28. The molecule has 17 heavy (non-hydrogen) atoms. The Bertz CT molecular complexity index is 449. The van der Waals surface area contributed by atoms with Crippen LogP contribution >= 0.6 is 0 Å². The second-order valence-electron chi connectivity index (χ2n) is 3.32. The lowest BCUT2D eigenvalue weighted by Gasteiger charge is -2.09. The Hall–Kier alpha value is -2.06. The zero-order chi connectivity index (χ0) is 13.0. The first kappa shape index (κ1) is 13.0. The quantitative estimate of drug-likeness (QED) is 0.449. The molecule has 0 radical (unpaired) electrons. The fourth-order valence-corrected chi connectivity index (χ4v) is 1.18. The predicted octanol–water partition coefficient (Wildman–Crippen LogP) is -2.43. The summed E-state index contributed by atoms with van der Waals surface area (Å²) >= 11 is 0. The number of primary amides is 2. The fraction of sp³-hybridized carbons (Fsp3) is 0.333. The van der Waals surface area contributed by atoms with E-state index in [1.165, 1.54) is 0 Å². The van der Waals surface area contributed by atoms with Gasteiger partial charge in [0.05, 0.1) is 24.6 Å². The molecule has 0 saturated heterocycles. The Balaban J connectivity index is 3.15. The summed E-state index contributed by atoms with van der Waals surface area (Å²) in [6.07, 6.45) is -0.245. The van der Waals surface area contributed by atoms with Crippen molar-refractivity contribution in [2.45, 2.75) is 12.5 Å². The molecule has 0 fully saturated rings. The minimum absolute atomic E-state index is 0.0235. The van der Waals surface area contributed by atoms with E-state index >= 15 is 0 Å². The van der Waals surface area contributed by atoms with E-state index < -0.39 is 24.5 Å². The number of carbonyl (C=O) groups excluding carboxylic acids is 2. The molecule has 2 amide bonds. The van der Waals surface area contributed by atoms with Crippen LogP contribution in [0.4, 0.5) is 0 Å². The molecule has 1 atom stereocenters. The first-order valence-corrected chi connectivity index (χ1v) is 4.70. The van der Waals surface area contributed by atoms with Crippen molar-refractivity contribution in [1.82, 2.24) is 9.97 Å². The topological polar surface area (TPSA) is 152 Å². The van der Waals surface area contributed by atoms with Crippen LogP contribution in [0.2, 0.25) is 0 Å². The lowest BCUT2D eigenvalue weighted by Crippen LogP contribution is -2.24. The van der Waals surface area contributed by atoms with Crippen LogP contribution in [0.3, 0.4) is 0 Å². The van der Waals surface area contributed by atoms with Gasteiger partial charge in [-0.05, 0) is 0 Å². The minimum atomic E-state index is -1.12. The normalized spacial score (nSPS) is 12.1. The van der Waals surface area contributed by atoms with Crippen molar-refractivity contribution in [3.63, 3.8) is 0 Å². The van der Waals surface area contributed by atoms with E-state index in [1.54, 1.807) is 0 Å². The number of amides is 2. The van der Waals surface area contributed by atoms with Gasteiger partial charge >= 0.3 is 0 Å². The summed E-state index contributed by atoms with van der Waals surface area (Å²) in [6, 6.07) is 0.